The van der Waals surface area contributed by atoms with Crippen molar-refractivity contribution in [2.24, 2.45) is 0 Å². The molecule has 0 spiro atoms. The average molecular weight is 396 g/mol. The monoisotopic (exact) mass is 396 g/mol. The molecule has 0 unspecified atom stereocenters. The first kappa shape index (κ1) is 20.7. The van der Waals surface area contributed by atoms with E-state index in [0.717, 1.165) is 19.4 Å². The minimum Gasteiger partial charge on any atom is -0.490 e. The van der Waals surface area contributed by atoms with Crippen molar-refractivity contribution in [3.05, 3.63) is 53.1 Å². The molecule has 2 aromatic carbocycles. The fourth-order valence-corrected chi connectivity index (χ4v) is 3.49. The van der Waals surface area contributed by atoms with E-state index in [1.165, 1.54) is 16.8 Å². The molecule has 6 nitrogen and oxygen atoms in total. The van der Waals surface area contributed by atoms with E-state index in [1.54, 1.807) is 18.2 Å². The zero-order chi connectivity index (χ0) is 20.8. The molecule has 2 aromatic rings. The number of carbonyl (C=O) groups is 2. The Hall–Kier alpha value is -3.02. The predicted octanol–water partition coefficient (Wildman–Crippen LogP) is 3.24. The van der Waals surface area contributed by atoms with Gasteiger partial charge in [0.2, 0.25) is 0 Å². The lowest BCUT2D eigenvalue weighted by molar-refractivity contribution is -0.133. The lowest BCUT2D eigenvalue weighted by atomic mass is 10.1. The molecule has 1 aliphatic rings. The third-order valence-electron chi connectivity index (χ3n) is 5.30. The molecule has 1 aliphatic heterocycles. The lowest BCUT2D eigenvalue weighted by Crippen LogP contribution is -2.50. The highest BCUT2D eigenvalue weighted by molar-refractivity contribution is 5.79. The summed E-state index contributed by atoms with van der Waals surface area (Å²) < 4.78 is 11.2. The maximum atomic E-state index is 12.6. The second kappa shape index (κ2) is 9.45. The number of carbonyl (C=O) groups excluding carboxylic acids is 2. The SMILES string of the molecule is CCOc1cc(C=O)ccc1OCC(=O)N1CCN(c2cccc(C)c2C)CC1. The summed E-state index contributed by atoms with van der Waals surface area (Å²) in [5.41, 5.74) is 4.32. The highest BCUT2D eigenvalue weighted by Crippen LogP contribution is 2.28. The van der Waals surface area contributed by atoms with Crippen LogP contribution in [0.2, 0.25) is 0 Å². The molecule has 1 fully saturated rings. The van der Waals surface area contributed by atoms with Crippen molar-refractivity contribution in [2.75, 3.05) is 44.3 Å². The number of nitrogens with zero attached hydrogens (tertiary/aromatic N) is 2. The zero-order valence-corrected chi connectivity index (χ0v) is 17.3. The van der Waals surface area contributed by atoms with Crippen molar-refractivity contribution in [3.8, 4) is 11.5 Å². The zero-order valence-electron chi connectivity index (χ0n) is 17.3. The van der Waals surface area contributed by atoms with Crippen LogP contribution in [0, 0.1) is 13.8 Å². The number of rotatable bonds is 7. The van der Waals surface area contributed by atoms with Gasteiger partial charge in [0.25, 0.3) is 5.91 Å². The van der Waals surface area contributed by atoms with Crippen LogP contribution in [0.25, 0.3) is 0 Å². The number of hydrogen-bond donors (Lipinski definition) is 0. The standard InChI is InChI=1S/C23H28N2O4/c1-4-28-22-14-19(15-26)8-9-21(22)29-16-23(27)25-12-10-24(11-13-25)20-7-5-6-17(2)18(20)3/h5-9,14-15H,4,10-13,16H2,1-3H3. The summed E-state index contributed by atoms with van der Waals surface area (Å²) in [5.74, 6) is 0.900. The Balaban J connectivity index is 1.56. The van der Waals surface area contributed by atoms with E-state index >= 15 is 0 Å². The van der Waals surface area contributed by atoms with Crippen LogP contribution in [0.4, 0.5) is 5.69 Å². The van der Waals surface area contributed by atoms with Gasteiger partial charge in [-0.2, -0.15) is 0 Å². The maximum Gasteiger partial charge on any atom is 0.260 e. The summed E-state index contributed by atoms with van der Waals surface area (Å²) >= 11 is 0. The highest BCUT2D eigenvalue weighted by Gasteiger charge is 2.23. The van der Waals surface area contributed by atoms with Gasteiger partial charge in [-0.05, 0) is 56.2 Å². The minimum absolute atomic E-state index is 0.0486. The van der Waals surface area contributed by atoms with Gasteiger partial charge in [0.1, 0.15) is 6.29 Å². The van der Waals surface area contributed by atoms with Crippen molar-refractivity contribution in [2.45, 2.75) is 20.8 Å². The average Bonchev–Trinajstić information content (AvgIpc) is 2.75. The predicted molar refractivity (Wildman–Crippen MR) is 113 cm³/mol. The number of aryl methyl sites for hydroxylation is 1. The van der Waals surface area contributed by atoms with Gasteiger partial charge in [0.15, 0.2) is 18.1 Å². The van der Waals surface area contributed by atoms with Crippen molar-refractivity contribution >= 4 is 17.9 Å². The van der Waals surface area contributed by atoms with Crippen LogP contribution in [0.15, 0.2) is 36.4 Å². The Bertz CT molecular complexity index is 873. The molecule has 0 N–H and O–H groups in total. The van der Waals surface area contributed by atoms with E-state index in [-0.39, 0.29) is 12.5 Å². The first-order chi connectivity index (χ1) is 14.0. The molecule has 0 atom stereocenters. The molecule has 0 saturated carbocycles. The normalized spacial score (nSPS) is 13.9. The number of hydrogen-bond acceptors (Lipinski definition) is 5. The quantitative estimate of drug-likeness (QED) is 0.673. The molecule has 1 amide bonds. The smallest absolute Gasteiger partial charge is 0.260 e. The van der Waals surface area contributed by atoms with Crippen molar-refractivity contribution < 1.29 is 19.1 Å². The summed E-state index contributed by atoms with van der Waals surface area (Å²) in [6.07, 6.45) is 0.757. The first-order valence-electron chi connectivity index (χ1n) is 9.97. The third-order valence-corrected chi connectivity index (χ3v) is 5.30. The van der Waals surface area contributed by atoms with Gasteiger partial charge in [-0.25, -0.2) is 0 Å². The number of ether oxygens (including phenoxy) is 2. The molecule has 0 aromatic heterocycles. The summed E-state index contributed by atoms with van der Waals surface area (Å²) in [7, 11) is 0. The highest BCUT2D eigenvalue weighted by atomic mass is 16.5. The van der Waals surface area contributed by atoms with Gasteiger partial charge in [0.05, 0.1) is 6.61 Å². The summed E-state index contributed by atoms with van der Waals surface area (Å²) in [4.78, 5) is 27.7. The Labute approximate surface area is 172 Å². The van der Waals surface area contributed by atoms with Crippen LogP contribution in [0.5, 0.6) is 11.5 Å². The van der Waals surface area contributed by atoms with E-state index in [4.69, 9.17) is 9.47 Å². The van der Waals surface area contributed by atoms with Crippen LogP contribution in [0.1, 0.15) is 28.4 Å². The van der Waals surface area contributed by atoms with Gasteiger partial charge in [0, 0.05) is 37.4 Å². The molecule has 1 heterocycles. The molecular weight excluding hydrogens is 368 g/mol. The van der Waals surface area contributed by atoms with Gasteiger partial charge in [-0.15, -0.1) is 0 Å². The minimum atomic E-state index is -0.0516. The van der Waals surface area contributed by atoms with E-state index in [2.05, 4.69) is 36.9 Å². The molecule has 154 valence electrons. The second-order valence-electron chi connectivity index (χ2n) is 7.13. The van der Waals surface area contributed by atoms with Crippen LogP contribution in [-0.2, 0) is 4.79 Å². The van der Waals surface area contributed by atoms with Crippen LogP contribution < -0.4 is 14.4 Å². The fraction of sp³-hybridized carbons (Fsp3) is 0.391. The fourth-order valence-electron chi connectivity index (χ4n) is 3.49. The van der Waals surface area contributed by atoms with E-state index in [0.29, 0.717) is 36.8 Å². The van der Waals surface area contributed by atoms with E-state index in [9.17, 15) is 9.59 Å². The van der Waals surface area contributed by atoms with Crippen molar-refractivity contribution in [1.82, 2.24) is 4.90 Å². The Morgan fingerprint density at radius 2 is 1.79 bits per heavy atom. The molecule has 0 aliphatic carbocycles. The molecule has 0 bridgehead atoms. The molecule has 1 saturated heterocycles. The summed E-state index contributed by atoms with van der Waals surface area (Å²) in [5, 5.41) is 0. The molecule has 29 heavy (non-hydrogen) atoms. The lowest BCUT2D eigenvalue weighted by Gasteiger charge is -2.37. The summed E-state index contributed by atoms with van der Waals surface area (Å²) in [6, 6.07) is 11.3. The van der Waals surface area contributed by atoms with Gasteiger partial charge < -0.3 is 19.3 Å². The van der Waals surface area contributed by atoms with Crippen LogP contribution >= 0.6 is 0 Å². The summed E-state index contributed by atoms with van der Waals surface area (Å²) in [6.45, 7) is 9.45. The Morgan fingerprint density at radius 3 is 2.48 bits per heavy atom. The van der Waals surface area contributed by atoms with Crippen molar-refractivity contribution in [1.29, 1.82) is 0 Å². The molecule has 0 radical (unpaired) electrons. The third kappa shape index (κ3) is 4.88. The van der Waals surface area contributed by atoms with Crippen LogP contribution in [-0.4, -0.2) is 56.5 Å². The second-order valence-corrected chi connectivity index (χ2v) is 7.13. The maximum absolute atomic E-state index is 12.6. The number of anilines is 1. The Kier molecular flexibility index (Phi) is 6.75. The number of piperazine rings is 1. The molecule has 3 rings (SSSR count). The molecular formula is C23H28N2O4. The first-order valence-corrected chi connectivity index (χ1v) is 9.97. The molecule has 6 heteroatoms. The van der Waals surface area contributed by atoms with Crippen LogP contribution in [0.3, 0.4) is 0 Å². The van der Waals surface area contributed by atoms with Gasteiger partial charge in [-0.1, -0.05) is 12.1 Å². The topological polar surface area (TPSA) is 59.1 Å². The largest absolute Gasteiger partial charge is 0.490 e. The number of amides is 1. The number of benzene rings is 2. The number of aldehydes is 1. The van der Waals surface area contributed by atoms with Crippen molar-refractivity contribution in [3.63, 3.8) is 0 Å². The van der Waals surface area contributed by atoms with Gasteiger partial charge in [-0.3, -0.25) is 9.59 Å². The van der Waals surface area contributed by atoms with E-state index < -0.39 is 0 Å². The Morgan fingerprint density at radius 1 is 1.03 bits per heavy atom. The van der Waals surface area contributed by atoms with E-state index in [1.807, 2.05) is 11.8 Å². The van der Waals surface area contributed by atoms with Gasteiger partial charge >= 0.3 is 0 Å².